The van der Waals surface area contributed by atoms with Gasteiger partial charge in [-0.05, 0) is 17.2 Å². The first-order valence-electron chi connectivity index (χ1n) is 6.82. The summed E-state index contributed by atoms with van der Waals surface area (Å²) in [4.78, 5) is 22.3. The van der Waals surface area contributed by atoms with E-state index in [4.69, 9.17) is 4.74 Å². The third-order valence-electron chi connectivity index (χ3n) is 3.42. The summed E-state index contributed by atoms with van der Waals surface area (Å²) < 4.78 is 5.41. The Hall–Kier alpha value is -2.79. The molecule has 0 unspecified atom stereocenters. The van der Waals surface area contributed by atoms with Crippen LogP contribution in [0.3, 0.4) is 0 Å². The molecule has 0 saturated carbocycles. The highest BCUT2D eigenvalue weighted by molar-refractivity contribution is 5.99. The highest BCUT2D eigenvalue weighted by atomic mass is 16.6. The second-order valence-electron chi connectivity index (χ2n) is 4.98. The molecule has 1 heterocycles. The topological polar surface area (TPSA) is 72.7 Å². The highest BCUT2D eigenvalue weighted by Gasteiger charge is 2.44. The number of hydrogen-bond acceptors (Lipinski definition) is 4. The van der Waals surface area contributed by atoms with Crippen LogP contribution in [-0.2, 0) is 9.53 Å². The molecule has 0 aliphatic carbocycles. The average Bonchev–Trinajstić information content (AvgIpc) is 3.34. The summed E-state index contributed by atoms with van der Waals surface area (Å²) in [6, 6.07) is 15.7. The minimum Gasteiger partial charge on any atom is -0.356 e. The molecule has 2 aromatic carbocycles. The molecule has 0 spiro atoms. The zero-order chi connectivity index (χ0) is 15.5. The van der Waals surface area contributed by atoms with E-state index in [-0.39, 0.29) is 17.6 Å². The molecular formula is C17H13NO4. The van der Waals surface area contributed by atoms with Gasteiger partial charge < -0.3 is 4.74 Å². The van der Waals surface area contributed by atoms with Gasteiger partial charge in [-0.1, -0.05) is 48.5 Å². The number of ether oxygens (including phenoxy) is 1. The van der Waals surface area contributed by atoms with Crippen molar-refractivity contribution in [2.75, 3.05) is 0 Å². The molecule has 110 valence electrons. The van der Waals surface area contributed by atoms with E-state index >= 15 is 0 Å². The van der Waals surface area contributed by atoms with Crippen LogP contribution in [0.1, 0.15) is 17.2 Å². The molecule has 0 aromatic heterocycles. The molecule has 5 heteroatoms. The maximum Gasteiger partial charge on any atom is 0.270 e. The molecular weight excluding hydrogens is 282 g/mol. The molecule has 0 radical (unpaired) electrons. The minimum atomic E-state index is -0.464. The first-order valence-corrected chi connectivity index (χ1v) is 6.82. The van der Waals surface area contributed by atoms with Crippen molar-refractivity contribution in [2.24, 2.45) is 0 Å². The summed E-state index contributed by atoms with van der Waals surface area (Å²) in [5.41, 5.74) is 1.59. The molecule has 2 aromatic rings. The van der Waals surface area contributed by atoms with E-state index in [1.165, 1.54) is 18.2 Å². The zero-order valence-corrected chi connectivity index (χ0v) is 11.6. The van der Waals surface area contributed by atoms with E-state index in [2.05, 4.69) is 0 Å². The number of benzene rings is 2. The molecule has 1 aliphatic rings. The fraction of sp³-hybridized carbons (Fsp3) is 0.118. The van der Waals surface area contributed by atoms with Crippen LogP contribution in [0.4, 0.5) is 5.69 Å². The lowest BCUT2D eigenvalue weighted by molar-refractivity contribution is -0.384. The van der Waals surface area contributed by atoms with Crippen molar-refractivity contribution in [3.05, 3.63) is 81.9 Å². The van der Waals surface area contributed by atoms with E-state index in [0.29, 0.717) is 5.56 Å². The minimum absolute atomic E-state index is 0.000525. The fourth-order valence-electron chi connectivity index (χ4n) is 2.24. The normalized spacial score (nSPS) is 20.0. The molecule has 5 nitrogen and oxygen atoms in total. The summed E-state index contributed by atoms with van der Waals surface area (Å²) in [6.45, 7) is 0. The van der Waals surface area contributed by atoms with Crippen LogP contribution >= 0.6 is 0 Å². The van der Waals surface area contributed by atoms with Gasteiger partial charge in [-0.25, -0.2) is 0 Å². The van der Waals surface area contributed by atoms with Crippen LogP contribution in [0.25, 0.3) is 6.08 Å². The van der Waals surface area contributed by atoms with Crippen molar-refractivity contribution in [1.29, 1.82) is 0 Å². The van der Waals surface area contributed by atoms with Crippen molar-refractivity contribution in [3.63, 3.8) is 0 Å². The molecule has 1 aliphatic heterocycles. The molecule has 1 saturated heterocycles. The van der Waals surface area contributed by atoms with E-state index < -0.39 is 11.0 Å². The largest absolute Gasteiger partial charge is 0.356 e. The molecule has 3 rings (SSSR count). The van der Waals surface area contributed by atoms with Gasteiger partial charge in [0.15, 0.2) is 11.9 Å². The van der Waals surface area contributed by atoms with Gasteiger partial charge in [0.25, 0.3) is 5.69 Å². The fourth-order valence-corrected chi connectivity index (χ4v) is 2.24. The van der Waals surface area contributed by atoms with Crippen molar-refractivity contribution in [3.8, 4) is 0 Å². The van der Waals surface area contributed by atoms with E-state index in [0.717, 1.165) is 5.56 Å². The second-order valence-corrected chi connectivity index (χ2v) is 4.98. The Kier molecular flexibility index (Phi) is 3.80. The van der Waals surface area contributed by atoms with Gasteiger partial charge in [0.05, 0.1) is 4.92 Å². The first-order chi connectivity index (χ1) is 10.6. The lowest BCUT2D eigenvalue weighted by Gasteiger charge is -1.94. The second kappa shape index (κ2) is 5.91. The van der Waals surface area contributed by atoms with Gasteiger partial charge in [-0.15, -0.1) is 0 Å². The Bertz CT molecular complexity index is 739. The van der Waals surface area contributed by atoms with Gasteiger partial charge in [-0.2, -0.15) is 0 Å². The molecule has 0 N–H and O–H groups in total. The lowest BCUT2D eigenvalue weighted by atomic mass is 10.1. The lowest BCUT2D eigenvalue weighted by Crippen LogP contribution is -2.03. The number of ketones is 1. The van der Waals surface area contributed by atoms with E-state index in [1.807, 2.05) is 30.3 Å². The van der Waals surface area contributed by atoms with E-state index in [9.17, 15) is 14.9 Å². The molecule has 1 fully saturated rings. The van der Waals surface area contributed by atoms with Gasteiger partial charge in [0.2, 0.25) is 0 Å². The Balaban J connectivity index is 1.66. The number of carbonyl (C=O) groups excluding carboxylic acids is 1. The Morgan fingerprint density at radius 2 is 1.91 bits per heavy atom. The molecule has 0 bridgehead atoms. The number of nitro benzene ring substituents is 1. The van der Waals surface area contributed by atoms with Crippen LogP contribution in [0.15, 0.2) is 60.7 Å². The molecule has 0 amide bonds. The third-order valence-corrected chi connectivity index (χ3v) is 3.42. The van der Waals surface area contributed by atoms with Crippen molar-refractivity contribution in [2.45, 2.75) is 12.2 Å². The Morgan fingerprint density at radius 1 is 1.14 bits per heavy atom. The average molecular weight is 295 g/mol. The Morgan fingerprint density at radius 3 is 2.64 bits per heavy atom. The summed E-state index contributed by atoms with van der Waals surface area (Å²) in [5, 5.41) is 10.7. The van der Waals surface area contributed by atoms with Crippen molar-refractivity contribution >= 4 is 17.5 Å². The standard InChI is InChI=1S/C17H13NO4/c19-15(17-16(22-17)13-6-2-1-3-7-13)10-9-12-5-4-8-14(11-12)18(20)21/h1-11,16-17H/b10-9+/t16-,17-/m0/s1. The summed E-state index contributed by atoms with van der Waals surface area (Å²) in [7, 11) is 0. The van der Waals surface area contributed by atoms with Crippen molar-refractivity contribution in [1.82, 2.24) is 0 Å². The number of non-ortho nitro benzene ring substituents is 1. The van der Waals surface area contributed by atoms with Gasteiger partial charge in [0, 0.05) is 12.1 Å². The van der Waals surface area contributed by atoms with Crippen LogP contribution in [0.5, 0.6) is 0 Å². The number of hydrogen-bond donors (Lipinski definition) is 0. The monoisotopic (exact) mass is 295 g/mol. The van der Waals surface area contributed by atoms with Crippen LogP contribution in [0.2, 0.25) is 0 Å². The maximum atomic E-state index is 12.0. The van der Waals surface area contributed by atoms with Crippen LogP contribution < -0.4 is 0 Å². The summed E-state index contributed by atoms with van der Waals surface area (Å²) >= 11 is 0. The summed E-state index contributed by atoms with van der Waals surface area (Å²) in [6.07, 6.45) is 2.33. The third kappa shape index (κ3) is 3.10. The van der Waals surface area contributed by atoms with Gasteiger partial charge in [0.1, 0.15) is 6.10 Å². The maximum absolute atomic E-state index is 12.0. The van der Waals surface area contributed by atoms with Gasteiger partial charge >= 0.3 is 0 Å². The Labute approximate surface area is 127 Å². The number of carbonyl (C=O) groups is 1. The predicted molar refractivity (Wildman–Crippen MR) is 81.2 cm³/mol. The molecule has 22 heavy (non-hydrogen) atoms. The van der Waals surface area contributed by atoms with Gasteiger partial charge in [-0.3, -0.25) is 14.9 Å². The number of rotatable bonds is 5. The smallest absolute Gasteiger partial charge is 0.270 e. The van der Waals surface area contributed by atoms with Crippen molar-refractivity contribution < 1.29 is 14.5 Å². The first kappa shape index (κ1) is 14.2. The van der Waals surface area contributed by atoms with Crippen LogP contribution in [0, 0.1) is 10.1 Å². The zero-order valence-electron chi connectivity index (χ0n) is 11.6. The number of nitro groups is 1. The van der Waals surface area contributed by atoms with Crippen LogP contribution in [-0.4, -0.2) is 16.8 Å². The number of nitrogens with zero attached hydrogens (tertiary/aromatic N) is 1. The van der Waals surface area contributed by atoms with E-state index in [1.54, 1.807) is 18.2 Å². The predicted octanol–water partition coefficient (Wildman–Crippen LogP) is 3.32. The summed E-state index contributed by atoms with van der Waals surface area (Å²) in [5.74, 6) is -0.139. The quantitative estimate of drug-likeness (QED) is 0.367. The SMILES string of the molecule is O=C(/C=C/c1cccc([N+](=O)[O-])c1)[C@@H]1O[C@H]1c1ccccc1. The number of epoxide rings is 1. The highest BCUT2D eigenvalue weighted by Crippen LogP contribution is 2.39. The molecule has 2 atom stereocenters.